The van der Waals surface area contributed by atoms with Crippen LogP contribution in [0.4, 0.5) is 5.69 Å². The molecule has 1 saturated heterocycles. The first-order valence-electron chi connectivity index (χ1n) is 9.25. The fourth-order valence-electron chi connectivity index (χ4n) is 3.15. The number of aromatic nitrogens is 4. The zero-order valence-corrected chi connectivity index (χ0v) is 17.0. The number of piperidine rings is 1. The first-order chi connectivity index (χ1) is 12.9. The third kappa shape index (κ3) is 4.18. The van der Waals surface area contributed by atoms with E-state index < -0.39 is 0 Å². The zero-order chi connectivity index (χ0) is 19.0. The van der Waals surface area contributed by atoms with E-state index >= 15 is 0 Å². The smallest absolute Gasteiger partial charge is 0.277 e. The average Bonchev–Trinajstić information content (AvgIpc) is 3.29. The van der Waals surface area contributed by atoms with Crippen LogP contribution in [0.3, 0.4) is 0 Å². The van der Waals surface area contributed by atoms with Gasteiger partial charge in [0.1, 0.15) is 5.52 Å². The van der Waals surface area contributed by atoms with Gasteiger partial charge in [0, 0.05) is 11.1 Å². The Bertz CT molecular complexity index is 968. The Morgan fingerprint density at radius 3 is 2.75 bits per heavy atom. The highest BCUT2D eigenvalue weighted by Crippen LogP contribution is 2.27. The summed E-state index contributed by atoms with van der Waals surface area (Å²) < 4.78 is 7.59. The first-order valence-corrected chi connectivity index (χ1v) is 9.25. The standard InChI is InChI=1S/C19H24N6O2.ClH/c1-19(2,3)18-22-14-10-12(4-5-16(14)27-18)21-17(26)15-11-25(24-23-15)13-6-8-20-9-7-13;/h4-5,10-11,13,20H,6-9H2,1-3H3,(H,21,26);1H. The molecule has 0 radical (unpaired) electrons. The summed E-state index contributed by atoms with van der Waals surface area (Å²) >= 11 is 0. The van der Waals surface area contributed by atoms with Gasteiger partial charge in [-0.05, 0) is 44.1 Å². The molecule has 0 saturated carbocycles. The van der Waals surface area contributed by atoms with Crippen LogP contribution >= 0.6 is 12.4 Å². The van der Waals surface area contributed by atoms with Crippen LogP contribution in [0.2, 0.25) is 0 Å². The van der Waals surface area contributed by atoms with Gasteiger partial charge >= 0.3 is 0 Å². The van der Waals surface area contributed by atoms with Crippen molar-refractivity contribution in [3.05, 3.63) is 36.0 Å². The number of carbonyl (C=O) groups is 1. The largest absolute Gasteiger partial charge is 0.440 e. The molecule has 0 atom stereocenters. The third-order valence-electron chi connectivity index (χ3n) is 4.71. The Hall–Kier alpha value is -2.45. The number of carbonyl (C=O) groups excluding carboxylic acids is 1. The maximum atomic E-state index is 12.5. The molecule has 0 spiro atoms. The van der Waals surface area contributed by atoms with Gasteiger partial charge in [-0.25, -0.2) is 9.67 Å². The molecule has 8 nitrogen and oxygen atoms in total. The number of anilines is 1. The summed E-state index contributed by atoms with van der Waals surface area (Å²) in [6, 6.07) is 5.72. The predicted molar refractivity (Wildman–Crippen MR) is 109 cm³/mol. The molecule has 1 aliphatic heterocycles. The number of hydrogen-bond acceptors (Lipinski definition) is 6. The number of halogens is 1. The lowest BCUT2D eigenvalue weighted by Gasteiger charge is -2.22. The molecular formula is C19H25ClN6O2. The number of hydrogen-bond donors (Lipinski definition) is 2. The van der Waals surface area contributed by atoms with Gasteiger partial charge in [-0.15, -0.1) is 17.5 Å². The van der Waals surface area contributed by atoms with Crippen molar-refractivity contribution in [2.75, 3.05) is 18.4 Å². The number of benzene rings is 1. The van der Waals surface area contributed by atoms with Crippen molar-refractivity contribution >= 4 is 35.1 Å². The lowest BCUT2D eigenvalue weighted by molar-refractivity contribution is 0.102. The van der Waals surface area contributed by atoms with Crippen LogP contribution in [0.15, 0.2) is 28.8 Å². The lowest BCUT2D eigenvalue weighted by Crippen LogP contribution is -2.29. The summed E-state index contributed by atoms with van der Waals surface area (Å²) in [5.41, 5.74) is 2.21. The van der Waals surface area contributed by atoms with Crippen LogP contribution in [0, 0.1) is 0 Å². The number of rotatable bonds is 3. The quantitative estimate of drug-likeness (QED) is 0.694. The molecule has 3 aromatic rings. The van der Waals surface area contributed by atoms with Gasteiger partial charge in [0.25, 0.3) is 5.91 Å². The van der Waals surface area contributed by atoms with Crippen LogP contribution in [-0.4, -0.2) is 39.0 Å². The van der Waals surface area contributed by atoms with Crippen LogP contribution in [0.1, 0.15) is 56.0 Å². The summed E-state index contributed by atoms with van der Waals surface area (Å²) in [6.07, 6.45) is 3.70. The molecule has 2 aromatic heterocycles. The van der Waals surface area contributed by atoms with Crippen molar-refractivity contribution in [3.63, 3.8) is 0 Å². The second-order valence-electron chi connectivity index (χ2n) is 7.97. The van der Waals surface area contributed by atoms with Gasteiger partial charge in [0.05, 0.1) is 12.2 Å². The molecular weight excluding hydrogens is 380 g/mol. The number of oxazole rings is 1. The van der Waals surface area contributed by atoms with Crippen molar-refractivity contribution in [2.24, 2.45) is 0 Å². The molecule has 1 aromatic carbocycles. The van der Waals surface area contributed by atoms with E-state index in [1.165, 1.54) is 0 Å². The molecule has 0 bridgehead atoms. The molecule has 4 rings (SSSR count). The summed E-state index contributed by atoms with van der Waals surface area (Å²) in [5, 5.41) is 14.3. The molecule has 9 heteroatoms. The fraction of sp³-hybridized carbons (Fsp3) is 0.474. The van der Waals surface area contributed by atoms with Crippen molar-refractivity contribution in [1.29, 1.82) is 0 Å². The minimum absolute atomic E-state index is 0. The van der Waals surface area contributed by atoms with Crippen LogP contribution in [0.25, 0.3) is 11.1 Å². The predicted octanol–water partition coefficient (Wildman–Crippen LogP) is 3.32. The van der Waals surface area contributed by atoms with Crippen molar-refractivity contribution < 1.29 is 9.21 Å². The highest BCUT2D eigenvalue weighted by atomic mass is 35.5. The van der Waals surface area contributed by atoms with Gasteiger partial charge in [0.2, 0.25) is 5.89 Å². The van der Waals surface area contributed by atoms with E-state index in [4.69, 9.17) is 4.42 Å². The highest BCUT2D eigenvalue weighted by Gasteiger charge is 2.22. The molecule has 3 heterocycles. The SMILES string of the molecule is CC(C)(C)c1nc2cc(NC(=O)c3cn(C4CCNCC4)nn3)ccc2o1.Cl. The number of amides is 1. The molecule has 1 fully saturated rings. The molecule has 0 aliphatic carbocycles. The molecule has 1 aliphatic rings. The monoisotopic (exact) mass is 404 g/mol. The van der Waals surface area contributed by atoms with E-state index in [0.29, 0.717) is 28.9 Å². The van der Waals surface area contributed by atoms with Crippen molar-refractivity contribution in [3.8, 4) is 0 Å². The van der Waals surface area contributed by atoms with Gasteiger partial charge in [-0.3, -0.25) is 4.79 Å². The fourth-order valence-corrected chi connectivity index (χ4v) is 3.15. The third-order valence-corrected chi connectivity index (χ3v) is 4.71. The molecule has 0 unspecified atom stereocenters. The Kier molecular flexibility index (Phi) is 5.71. The average molecular weight is 405 g/mol. The zero-order valence-electron chi connectivity index (χ0n) is 16.2. The van der Waals surface area contributed by atoms with Crippen molar-refractivity contribution in [2.45, 2.75) is 45.1 Å². The number of nitrogens with zero attached hydrogens (tertiary/aromatic N) is 4. The maximum absolute atomic E-state index is 12.5. The van der Waals surface area contributed by atoms with Crippen LogP contribution in [0.5, 0.6) is 0 Å². The molecule has 1 amide bonds. The van der Waals surface area contributed by atoms with E-state index in [2.05, 4.69) is 25.9 Å². The van der Waals surface area contributed by atoms with E-state index in [1.807, 2.05) is 32.9 Å². The summed E-state index contributed by atoms with van der Waals surface area (Å²) in [6.45, 7) is 8.06. The van der Waals surface area contributed by atoms with Crippen LogP contribution < -0.4 is 10.6 Å². The van der Waals surface area contributed by atoms with Gasteiger partial charge in [-0.2, -0.15) is 0 Å². The minimum atomic E-state index is -0.283. The maximum Gasteiger partial charge on any atom is 0.277 e. The molecule has 2 N–H and O–H groups in total. The van der Waals surface area contributed by atoms with E-state index in [0.717, 1.165) is 31.4 Å². The Labute approximate surface area is 169 Å². The Balaban J connectivity index is 0.00000225. The van der Waals surface area contributed by atoms with Gasteiger partial charge in [0.15, 0.2) is 11.3 Å². The van der Waals surface area contributed by atoms with Gasteiger partial charge in [-0.1, -0.05) is 26.0 Å². The van der Waals surface area contributed by atoms with E-state index in [9.17, 15) is 4.79 Å². The second-order valence-corrected chi connectivity index (χ2v) is 7.97. The summed E-state index contributed by atoms with van der Waals surface area (Å²) in [5.74, 6) is 0.389. The topological polar surface area (TPSA) is 97.9 Å². The first kappa shape index (κ1) is 20.3. The summed E-state index contributed by atoms with van der Waals surface area (Å²) in [4.78, 5) is 17.1. The number of nitrogens with one attached hydrogen (secondary N) is 2. The van der Waals surface area contributed by atoms with Gasteiger partial charge < -0.3 is 15.1 Å². The van der Waals surface area contributed by atoms with Crippen molar-refractivity contribution in [1.82, 2.24) is 25.3 Å². The van der Waals surface area contributed by atoms with Crippen LogP contribution in [-0.2, 0) is 5.41 Å². The highest BCUT2D eigenvalue weighted by molar-refractivity contribution is 6.03. The normalized spacial score (nSPS) is 15.4. The Morgan fingerprint density at radius 2 is 2.04 bits per heavy atom. The van der Waals surface area contributed by atoms with E-state index in [1.54, 1.807) is 16.9 Å². The Morgan fingerprint density at radius 1 is 1.29 bits per heavy atom. The second kappa shape index (κ2) is 7.89. The molecule has 28 heavy (non-hydrogen) atoms. The number of fused-ring (bicyclic) bond motifs is 1. The minimum Gasteiger partial charge on any atom is -0.440 e. The lowest BCUT2D eigenvalue weighted by atomic mass is 9.97. The molecule has 150 valence electrons. The summed E-state index contributed by atoms with van der Waals surface area (Å²) in [7, 11) is 0. The van der Waals surface area contributed by atoms with E-state index in [-0.39, 0.29) is 23.7 Å².